The zero-order chi connectivity index (χ0) is 17.6. The topological polar surface area (TPSA) is 59.3 Å². The van der Waals surface area contributed by atoms with E-state index >= 15 is 0 Å². The first-order valence-electron chi connectivity index (χ1n) is 6.09. The summed E-state index contributed by atoms with van der Waals surface area (Å²) < 4.78 is 71.1. The van der Waals surface area contributed by atoms with Crippen molar-refractivity contribution in [1.82, 2.24) is 0 Å². The van der Waals surface area contributed by atoms with E-state index in [0.29, 0.717) is 0 Å². The molecule has 0 amide bonds. The summed E-state index contributed by atoms with van der Waals surface area (Å²) in [5.41, 5.74) is -5.29. The quantitative estimate of drug-likeness (QED) is 0.440. The summed E-state index contributed by atoms with van der Waals surface area (Å²) >= 11 is -0.708. The Morgan fingerprint density at radius 2 is 2.04 bits per heavy atom. The Morgan fingerprint density at radius 1 is 1.39 bits per heavy atom. The second-order valence-corrected chi connectivity index (χ2v) is 5.10. The van der Waals surface area contributed by atoms with Crippen molar-refractivity contribution < 1.29 is 36.2 Å². The summed E-state index contributed by atoms with van der Waals surface area (Å²) in [6.07, 6.45) is -0.400. The van der Waals surface area contributed by atoms with Gasteiger partial charge in [0.25, 0.3) is 0 Å². The monoisotopic (exact) mass is 355 g/mol. The van der Waals surface area contributed by atoms with Gasteiger partial charge in [-0.05, 0) is 36.4 Å². The van der Waals surface area contributed by atoms with Crippen LogP contribution in [-0.2, 0) is 16.0 Å². The summed E-state index contributed by atoms with van der Waals surface area (Å²) in [4.78, 5) is 10.7. The predicted molar refractivity (Wildman–Crippen MR) is 70.0 cm³/mol. The number of halogens is 5. The maximum atomic E-state index is 12.6. The maximum absolute atomic E-state index is 12.6. The van der Waals surface area contributed by atoms with E-state index in [0.717, 1.165) is 12.1 Å². The summed E-state index contributed by atoms with van der Waals surface area (Å²) in [7, 11) is 0. The second kappa shape index (κ2) is 8.01. The molecular weight excluding hydrogens is 345 g/mol. The molecule has 0 saturated heterocycles. The number of hydrogen-bond acceptors (Lipinski definition) is 5. The van der Waals surface area contributed by atoms with E-state index in [1.165, 1.54) is 6.07 Å². The van der Waals surface area contributed by atoms with Crippen LogP contribution in [0.25, 0.3) is 0 Å². The zero-order valence-electron chi connectivity index (χ0n) is 11.6. The molecule has 1 aromatic rings. The number of hydrogen-bond donors (Lipinski definition) is 0. The van der Waals surface area contributed by atoms with Crippen molar-refractivity contribution in [2.24, 2.45) is 0 Å². The minimum Gasteiger partial charge on any atom is -0.466 e. The molecule has 0 spiro atoms. The van der Waals surface area contributed by atoms with Crippen LogP contribution < -0.4 is 4.74 Å². The Labute approximate surface area is 132 Å². The first kappa shape index (κ1) is 19.0. The molecule has 4 nitrogen and oxygen atoms in total. The second-order valence-electron chi connectivity index (χ2n) is 3.99. The number of ether oxygens (including phenoxy) is 2. The molecule has 126 valence electrons. The molecule has 1 rings (SSSR count). The SMILES string of the molecule is CCOC(=O)Cc1cc(C#N)c(OC(F)F)c(SC(F)(F)F)c1. The maximum Gasteiger partial charge on any atom is 0.446 e. The van der Waals surface area contributed by atoms with Crippen LogP contribution in [0.2, 0.25) is 0 Å². The molecule has 0 bridgehead atoms. The molecule has 23 heavy (non-hydrogen) atoms. The lowest BCUT2D eigenvalue weighted by molar-refractivity contribution is -0.142. The van der Waals surface area contributed by atoms with E-state index in [2.05, 4.69) is 9.47 Å². The van der Waals surface area contributed by atoms with Crippen LogP contribution in [0, 0.1) is 11.3 Å². The van der Waals surface area contributed by atoms with Crippen molar-refractivity contribution in [2.75, 3.05) is 6.61 Å². The van der Waals surface area contributed by atoms with Crippen LogP contribution in [0.15, 0.2) is 17.0 Å². The van der Waals surface area contributed by atoms with Crippen molar-refractivity contribution in [2.45, 2.75) is 30.4 Å². The molecule has 0 atom stereocenters. The molecule has 0 aromatic heterocycles. The molecule has 0 aliphatic rings. The number of carbonyl (C=O) groups excluding carboxylic acids is 1. The Morgan fingerprint density at radius 3 is 2.52 bits per heavy atom. The predicted octanol–water partition coefficient (Wildman–Crippen LogP) is 3.88. The number of nitriles is 1. The Balaban J connectivity index is 3.29. The molecule has 0 saturated carbocycles. The van der Waals surface area contributed by atoms with Gasteiger partial charge in [-0.15, -0.1) is 0 Å². The number of rotatable bonds is 6. The minimum atomic E-state index is -4.78. The van der Waals surface area contributed by atoms with Gasteiger partial charge in [0, 0.05) is 0 Å². The lowest BCUT2D eigenvalue weighted by Crippen LogP contribution is -2.10. The van der Waals surface area contributed by atoms with Gasteiger partial charge in [0.1, 0.15) is 6.07 Å². The zero-order valence-corrected chi connectivity index (χ0v) is 12.4. The Kier molecular flexibility index (Phi) is 6.62. The van der Waals surface area contributed by atoms with Gasteiger partial charge in [0.05, 0.1) is 23.5 Å². The Hall–Kier alpha value is -2.02. The van der Waals surface area contributed by atoms with Crippen molar-refractivity contribution in [3.8, 4) is 11.8 Å². The van der Waals surface area contributed by atoms with Gasteiger partial charge in [-0.3, -0.25) is 4.79 Å². The van der Waals surface area contributed by atoms with Crippen LogP contribution in [0.4, 0.5) is 22.0 Å². The highest BCUT2D eigenvalue weighted by Gasteiger charge is 2.32. The number of nitrogens with zero attached hydrogens (tertiary/aromatic N) is 1. The van der Waals surface area contributed by atoms with Gasteiger partial charge >= 0.3 is 18.1 Å². The highest BCUT2D eigenvalue weighted by atomic mass is 32.2. The van der Waals surface area contributed by atoms with Gasteiger partial charge in [0.15, 0.2) is 5.75 Å². The van der Waals surface area contributed by atoms with E-state index < -0.39 is 52.5 Å². The fourth-order valence-electron chi connectivity index (χ4n) is 1.63. The lowest BCUT2D eigenvalue weighted by atomic mass is 10.1. The number of esters is 1. The molecule has 0 unspecified atom stereocenters. The van der Waals surface area contributed by atoms with Crippen LogP contribution >= 0.6 is 11.8 Å². The van der Waals surface area contributed by atoms with Gasteiger partial charge in [-0.1, -0.05) is 0 Å². The standard InChI is InChI=1S/C13H10F5NO3S/c1-2-21-10(20)5-7-3-8(6-19)11(22-12(14)15)9(4-7)23-13(16,17)18/h3-4,12H,2,5H2,1H3. The van der Waals surface area contributed by atoms with Gasteiger partial charge in [0.2, 0.25) is 0 Å². The van der Waals surface area contributed by atoms with Crippen molar-refractivity contribution in [3.05, 3.63) is 23.3 Å². The number of alkyl halides is 5. The van der Waals surface area contributed by atoms with E-state index in [-0.39, 0.29) is 12.2 Å². The van der Waals surface area contributed by atoms with Gasteiger partial charge < -0.3 is 9.47 Å². The largest absolute Gasteiger partial charge is 0.466 e. The highest BCUT2D eigenvalue weighted by Crippen LogP contribution is 2.43. The van der Waals surface area contributed by atoms with Crippen LogP contribution in [0.5, 0.6) is 5.75 Å². The van der Waals surface area contributed by atoms with E-state index in [1.807, 2.05) is 0 Å². The normalized spacial score (nSPS) is 11.2. The fraction of sp³-hybridized carbons (Fsp3) is 0.385. The van der Waals surface area contributed by atoms with E-state index in [4.69, 9.17) is 5.26 Å². The summed E-state index contributed by atoms with van der Waals surface area (Å²) in [5, 5.41) is 8.93. The van der Waals surface area contributed by atoms with Crippen LogP contribution in [0.3, 0.4) is 0 Å². The third-order valence-electron chi connectivity index (χ3n) is 2.32. The molecule has 0 heterocycles. The Bertz CT molecular complexity index is 613. The van der Waals surface area contributed by atoms with Crippen molar-refractivity contribution in [3.63, 3.8) is 0 Å². The van der Waals surface area contributed by atoms with Crippen LogP contribution in [-0.4, -0.2) is 24.7 Å². The first-order chi connectivity index (χ1) is 10.7. The number of benzene rings is 1. The molecular formula is C13H10F5NO3S. The molecule has 0 aliphatic carbocycles. The van der Waals surface area contributed by atoms with Crippen molar-refractivity contribution >= 4 is 17.7 Å². The van der Waals surface area contributed by atoms with Crippen LogP contribution in [0.1, 0.15) is 18.1 Å². The van der Waals surface area contributed by atoms with E-state index in [1.54, 1.807) is 6.92 Å². The third kappa shape index (κ3) is 6.32. The fourth-order valence-corrected chi connectivity index (χ4v) is 2.34. The third-order valence-corrected chi connectivity index (χ3v) is 3.08. The summed E-state index contributed by atoms with van der Waals surface area (Å²) in [6.45, 7) is -1.78. The van der Waals surface area contributed by atoms with Gasteiger partial charge in [-0.2, -0.15) is 27.2 Å². The van der Waals surface area contributed by atoms with E-state index in [9.17, 15) is 26.7 Å². The average molecular weight is 355 g/mol. The number of carbonyl (C=O) groups is 1. The van der Waals surface area contributed by atoms with Crippen molar-refractivity contribution in [1.29, 1.82) is 5.26 Å². The smallest absolute Gasteiger partial charge is 0.446 e. The summed E-state index contributed by atoms with van der Waals surface area (Å²) in [5.74, 6) is -1.60. The molecule has 0 aliphatic heterocycles. The molecule has 0 radical (unpaired) electrons. The first-order valence-corrected chi connectivity index (χ1v) is 6.91. The lowest BCUT2D eigenvalue weighted by Gasteiger charge is -2.15. The molecule has 0 fully saturated rings. The minimum absolute atomic E-state index is 0.0216. The highest BCUT2D eigenvalue weighted by molar-refractivity contribution is 8.00. The molecule has 1 aromatic carbocycles. The number of thioether (sulfide) groups is 1. The van der Waals surface area contributed by atoms with Gasteiger partial charge in [-0.25, -0.2) is 0 Å². The molecule has 0 N–H and O–H groups in total. The average Bonchev–Trinajstić information content (AvgIpc) is 2.39. The summed E-state index contributed by atoms with van der Waals surface area (Å²) in [6, 6.07) is 3.36. The molecule has 10 heteroatoms.